The van der Waals surface area contributed by atoms with Crippen molar-refractivity contribution in [1.82, 2.24) is 9.88 Å². The fourth-order valence-corrected chi connectivity index (χ4v) is 3.22. The first-order chi connectivity index (χ1) is 11.1. The lowest BCUT2D eigenvalue weighted by molar-refractivity contribution is 0.0946. The second kappa shape index (κ2) is 6.41. The number of carbonyl (C=O) groups excluding carboxylic acids is 1. The molecule has 1 unspecified atom stereocenters. The molecule has 2 aromatic rings. The third-order valence-electron chi connectivity index (χ3n) is 4.63. The van der Waals surface area contributed by atoms with Gasteiger partial charge in [0, 0.05) is 24.5 Å². The number of hydrogen-bond donors (Lipinski definition) is 1. The first-order valence-electron chi connectivity index (χ1n) is 8.16. The third-order valence-corrected chi connectivity index (χ3v) is 4.63. The minimum atomic E-state index is -0.183. The van der Waals surface area contributed by atoms with Crippen LogP contribution in [0.1, 0.15) is 43.0 Å². The van der Waals surface area contributed by atoms with Crippen molar-refractivity contribution in [1.29, 1.82) is 0 Å². The maximum atomic E-state index is 12.7. The Morgan fingerprint density at radius 3 is 2.78 bits per heavy atom. The van der Waals surface area contributed by atoms with Crippen LogP contribution in [0, 0.1) is 0 Å². The number of aromatic nitrogens is 1. The van der Waals surface area contributed by atoms with E-state index in [4.69, 9.17) is 0 Å². The summed E-state index contributed by atoms with van der Waals surface area (Å²) in [7, 11) is 1.72. The Hall–Kier alpha value is -2.36. The molecule has 1 aliphatic rings. The fraction of sp³-hybridized carbons (Fsp3) is 0.368. The van der Waals surface area contributed by atoms with Crippen molar-refractivity contribution in [2.75, 3.05) is 0 Å². The molecule has 4 nitrogen and oxygen atoms in total. The highest BCUT2D eigenvalue weighted by Crippen LogP contribution is 2.21. The summed E-state index contributed by atoms with van der Waals surface area (Å²) in [5.74, 6) is -0.183. The first kappa shape index (κ1) is 15.5. The first-order valence-corrected chi connectivity index (χ1v) is 8.16. The average Bonchev–Trinajstić information content (AvgIpc) is 2.58. The van der Waals surface area contributed by atoms with Gasteiger partial charge in [-0.15, -0.1) is 0 Å². The SMILES string of the molecule is CC(NC(=O)c1cc(=O)n(C)c2ccccc12)C1=CCCCC1. The van der Waals surface area contributed by atoms with E-state index in [0.29, 0.717) is 5.56 Å². The highest BCUT2D eigenvalue weighted by atomic mass is 16.2. The van der Waals surface area contributed by atoms with E-state index in [1.54, 1.807) is 11.6 Å². The molecule has 23 heavy (non-hydrogen) atoms. The molecule has 0 radical (unpaired) electrons. The summed E-state index contributed by atoms with van der Waals surface area (Å²) in [6, 6.07) is 8.94. The van der Waals surface area contributed by atoms with Crippen LogP contribution in [0.5, 0.6) is 0 Å². The number of para-hydroxylation sites is 1. The molecule has 1 N–H and O–H groups in total. The molecule has 0 bridgehead atoms. The van der Waals surface area contributed by atoms with Crippen molar-refractivity contribution < 1.29 is 4.79 Å². The van der Waals surface area contributed by atoms with Gasteiger partial charge in [-0.1, -0.05) is 29.8 Å². The highest BCUT2D eigenvalue weighted by Gasteiger charge is 2.18. The van der Waals surface area contributed by atoms with Gasteiger partial charge in [-0.05, 0) is 38.7 Å². The summed E-state index contributed by atoms with van der Waals surface area (Å²) >= 11 is 0. The molecule has 0 aliphatic heterocycles. The van der Waals surface area contributed by atoms with Gasteiger partial charge < -0.3 is 9.88 Å². The number of nitrogens with one attached hydrogen (secondary N) is 1. The Kier molecular flexibility index (Phi) is 4.33. The zero-order valence-corrected chi connectivity index (χ0v) is 13.6. The van der Waals surface area contributed by atoms with E-state index in [-0.39, 0.29) is 17.5 Å². The number of carbonyl (C=O) groups is 1. The van der Waals surface area contributed by atoms with Crippen LogP contribution in [0.4, 0.5) is 0 Å². The van der Waals surface area contributed by atoms with Crippen molar-refractivity contribution in [3.8, 4) is 0 Å². The van der Waals surface area contributed by atoms with Crippen LogP contribution in [0.15, 0.2) is 46.8 Å². The number of hydrogen-bond acceptors (Lipinski definition) is 2. The maximum absolute atomic E-state index is 12.7. The average molecular weight is 310 g/mol. The van der Waals surface area contributed by atoms with E-state index >= 15 is 0 Å². The highest BCUT2D eigenvalue weighted by molar-refractivity contribution is 6.06. The lowest BCUT2D eigenvalue weighted by atomic mass is 9.94. The molecule has 1 aromatic heterocycles. The number of aryl methyl sites for hydroxylation is 1. The fourth-order valence-electron chi connectivity index (χ4n) is 3.22. The quantitative estimate of drug-likeness (QED) is 0.885. The van der Waals surface area contributed by atoms with Gasteiger partial charge in [0.15, 0.2) is 0 Å². The topological polar surface area (TPSA) is 51.1 Å². The molecule has 0 fully saturated rings. The zero-order valence-electron chi connectivity index (χ0n) is 13.6. The van der Waals surface area contributed by atoms with Gasteiger partial charge >= 0.3 is 0 Å². The maximum Gasteiger partial charge on any atom is 0.252 e. The van der Waals surface area contributed by atoms with E-state index in [1.165, 1.54) is 24.5 Å². The minimum Gasteiger partial charge on any atom is -0.346 e. The van der Waals surface area contributed by atoms with Gasteiger partial charge in [0.05, 0.1) is 11.1 Å². The van der Waals surface area contributed by atoms with Crippen LogP contribution in [0.2, 0.25) is 0 Å². The third kappa shape index (κ3) is 3.07. The predicted octanol–water partition coefficient (Wildman–Crippen LogP) is 3.16. The molecule has 1 aliphatic carbocycles. The standard InChI is InChI=1S/C19H22N2O2/c1-13(14-8-4-3-5-9-14)20-19(23)16-12-18(22)21(2)17-11-7-6-10-15(16)17/h6-8,10-13H,3-5,9H2,1-2H3,(H,20,23). The van der Waals surface area contributed by atoms with E-state index in [9.17, 15) is 9.59 Å². The van der Waals surface area contributed by atoms with Crippen molar-refractivity contribution >= 4 is 16.8 Å². The normalized spacial score (nSPS) is 16.0. The smallest absolute Gasteiger partial charge is 0.252 e. The van der Waals surface area contributed by atoms with Crippen LogP contribution in [0.25, 0.3) is 10.9 Å². The lowest BCUT2D eigenvalue weighted by Crippen LogP contribution is -2.35. The minimum absolute atomic E-state index is 0.00520. The molecule has 120 valence electrons. The molecular weight excluding hydrogens is 288 g/mol. The summed E-state index contributed by atoms with van der Waals surface area (Å²) in [4.78, 5) is 24.8. The molecule has 0 saturated carbocycles. The number of benzene rings is 1. The molecule has 1 heterocycles. The molecular formula is C19H22N2O2. The van der Waals surface area contributed by atoms with Crippen molar-refractivity contribution in [2.24, 2.45) is 7.05 Å². The molecule has 4 heteroatoms. The number of amides is 1. The molecule has 1 atom stereocenters. The monoisotopic (exact) mass is 310 g/mol. The van der Waals surface area contributed by atoms with E-state index in [1.807, 2.05) is 31.2 Å². The Bertz CT molecular complexity index is 833. The molecule has 1 aromatic carbocycles. The molecule has 0 spiro atoms. The Morgan fingerprint density at radius 1 is 1.26 bits per heavy atom. The van der Waals surface area contributed by atoms with Crippen molar-refractivity contribution in [2.45, 2.75) is 38.6 Å². The number of fused-ring (bicyclic) bond motifs is 1. The molecule has 3 rings (SSSR count). The lowest BCUT2D eigenvalue weighted by Gasteiger charge is -2.21. The Balaban J connectivity index is 1.94. The summed E-state index contributed by atoms with van der Waals surface area (Å²) in [5.41, 5.74) is 2.35. The van der Waals surface area contributed by atoms with Crippen LogP contribution < -0.4 is 10.9 Å². The van der Waals surface area contributed by atoms with Gasteiger partial charge in [0.25, 0.3) is 11.5 Å². The second-order valence-electron chi connectivity index (χ2n) is 6.19. The number of rotatable bonds is 3. The van der Waals surface area contributed by atoms with E-state index in [2.05, 4.69) is 11.4 Å². The summed E-state index contributed by atoms with van der Waals surface area (Å²) in [6.07, 6.45) is 6.77. The summed E-state index contributed by atoms with van der Waals surface area (Å²) in [5, 5.41) is 3.85. The van der Waals surface area contributed by atoms with Crippen molar-refractivity contribution in [3.63, 3.8) is 0 Å². The van der Waals surface area contributed by atoms with Gasteiger partial charge in [-0.25, -0.2) is 0 Å². The number of allylic oxidation sites excluding steroid dienone is 1. The van der Waals surface area contributed by atoms with Gasteiger partial charge in [0.1, 0.15) is 0 Å². The van der Waals surface area contributed by atoms with Gasteiger partial charge in [-0.3, -0.25) is 9.59 Å². The predicted molar refractivity (Wildman–Crippen MR) is 92.7 cm³/mol. The van der Waals surface area contributed by atoms with Crippen LogP contribution in [-0.2, 0) is 7.05 Å². The number of nitrogens with zero attached hydrogens (tertiary/aromatic N) is 1. The van der Waals surface area contributed by atoms with Crippen LogP contribution in [0.3, 0.4) is 0 Å². The molecule has 0 saturated heterocycles. The number of pyridine rings is 1. The van der Waals surface area contributed by atoms with Crippen molar-refractivity contribution in [3.05, 3.63) is 57.9 Å². The second-order valence-corrected chi connectivity index (χ2v) is 6.19. The van der Waals surface area contributed by atoms with E-state index in [0.717, 1.165) is 23.7 Å². The van der Waals surface area contributed by atoms with Crippen LogP contribution >= 0.6 is 0 Å². The Labute approximate surface area is 135 Å². The summed E-state index contributed by atoms with van der Waals surface area (Å²) < 4.78 is 1.57. The molecule has 1 amide bonds. The van der Waals surface area contributed by atoms with E-state index < -0.39 is 0 Å². The zero-order chi connectivity index (χ0) is 16.4. The summed E-state index contributed by atoms with van der Waals surface area (Å²) in [6.45, 7) is 2.01. The van der Waals surface area contributed by atoms with Gasteiger partial charge in [0.2, 0.25) is 0 Å². The van der Waals surface area contributed by atoms with Crippen LogP contribution in [-0.4, -0.2) is 16.5 Å². The largest absolute Gasteiger partial charge is 0.346 e. The Morgan fingerprint density at radius 2 is 2.04 bits per heavy atom. The van der Waals surface area contributed by atoms with Gasteiger partial charge in [-0.2, -0.15) is 0 Å².